The minimum Gasteiger partial charge on any atom is -0.481 e. The van der Waals surface area contributed by atoms with Crippen LogP contribution in [0.25, 0.3) is 0 Å². The number of nitrogens with one attached hydrogen (secondary N) is 5. The van der Waals surface area contributed by atoms with Gasteiger partial charge >= 0.3 is 11.9 Å². The van der Waals surface area contributed by atoms with Crippen molar-refractivity contribution in [2.75, 3.05) is 6.61 Å². The second-order valence-corrected chi connectivity index (χ2v) is 12.3. The van der Waals surface area contributed by atoms with E-state index in [1.807, 2.05) is 0 Å². The number of carbonyl (C=O) groups is 7. The predicted octanol–water partition coefficient (Wildman–Crippen LogP) is -1.96. The third-order valence-electron chi connectivity index (χ3n) is 7.36. The number of carboxylic acid groups (broad SMARTS) is 2. The molecule has 0 bridgehead atoms. The monoisotopic (exact) mass is 695 g/mol. The summed E-state index contributed by atoms with van der Waals surface area (Å²) < 4.78 is 0. The van der Waals surface area contributed by atoms with Crippen LogP contribution in [0, 0.1) is 11.8 Å². The van der Waals surface area contributed by atoms with E-state index in [1.165, 1.54) is 13.8 Å². The maximum Gasteiger partial charge on any atom is 0.326 e. The van der Waals surface area contributed by atoms with Crippen LogP contribution in [0.4, 0.5) is 0 Å². The molecular weight excluding hydrogens is 646 g/mol. The molecule has 0 unspecified atom stereocenters. The summed E-state index contributed by atoms with van der Waals surface area (Å²) in [4.78, 5) is 88.6. The predicted molar refractivity (Wildman–Crippen MR) is 173 cm³/mol. The van der Waals surface area contributed by atoms with Gasteiger partial charge in [0.2, 0.25) is 29.5 Å². The molecule has 17 heteroatoms. The lowest BCUT2D eigenvalue weighted by atomic mass is 10.0. The average molecular weight is 696 g/mol. The van der Waals surface area contributed by atoms with Crippen LogP contribution in [0.1, 0.15) is 59.4 Å². The molecule has 0 saturated heterocycles. The van der Waals surface area contributed by atoms with E-state index in [4.69, 9.17) is 0 Å². The maximum absolute atomic E-state index is 13.5. The number of carboxylic acids is 2. The Bertz CT molecular complexity index is 1290. The van der Waals surface area contributed by atoms with Crippen LogP contribution in [0.2, 0.25) is 0 Å². The highest BCUT2D eigenvalue weighted by Gasteiger charge is 2.35. The summed E-state index contributed by atoms with van der Waals surface area (Å²) in [5.41, 5.74) is 0.598. The van der Waals surface area contributed by atoms with Gasteiger partial charge < -0.3 is 52.1 Å². The summed E-state index contributed by atoms with van der Waals surface area (Å²) in [7, 11) is 0. The van der Waals surface area contributed by atoms with E-state index in [-0.39, 0.29) is 18.8 Å². The first-order chi connectivity index (χ1) is 22.9. The van der Waals surface area contributed by atoms with E-state index in [0.29, 0.717) is 5.56 Å². The minimum absolute atomic E-state index is 0.0917. The molecule has 1 aromatic carbocycles. The first kappa shape index (κ1) is 42.4. The maximum atomic E-state index is 13.5. The Kier molecular flexibility index (Phi) is 17.9. The standard InChI is InChI=1S/C32H49N5O12/c1-16(2)13-23(32(48)49)35-29(45)22(14-20-9-7-6-8-10-20)34-31(47)26(19(5)40)37-28(44)21(11-12-24(41)42)33-30(46)25(18(4)39)36-27(43)17(3)15-38/h6-10,16-19,21-23,25-26,38-40H,11-15H2,1-5H3,(H,33,46)(H,34,47)(H,35,45)(H,36,43)(H,37,44)(H,41,42)(H,48,49)/t17-,18+,19+,21-,22-,23-,25-,26-/m0/s1. The highest BCUT2D eigenvalue weighted by molar-refractivity contribution is 5.96. The van der Waals surface area contributed by atoms with E-state index < -0.39 is 109 Å². The fraction of sp³-hybridized carbons (Fsp3) is 0.594. The van der Waals surface area contributed by atoms with Crippen molar-refractivity contribution in [1.29, 1.82) is 0 Å². The Morgan fingerprint density at radius 3 is 1.55 bits per heavy atom. The van der Waals surface area contributed by atoms with E-state index in [0.717, 1.165) is 6.92 Å². The molecule has 1 aromatic rings. The summed E-state index contributed by atoms with van der Waals surface area (Å²) >= 11 is 0. The van der Waals surface area contributed by atoms with E-state index in [9.17, 15) is 59.1 Å². The lowest BCUT2D eigenvalue weighted by Crippen LogP contribution is -2.62. The van der Waals surface area contributed by atoms with Crippen LogP contribution in [0.15, 0.2) is 30.3 Å². The highest BCUT2D eigenvalue weighted by Crippen LogP contribution is 2.10. The molecule has 0 radical (unpaired) electrons. The van der Waals surface area contributed by atoms with Gasteiger partial charge in [-0.15, -0.1) is 0 Å². The van der Waals surface area contributed by atoms with Crippen LogP contribution in [0.3, 0.4) is 0 Å². The zero-order valence-corrected chi connectivity index (χ0v) is 28.2. The van der Waals surface area contributed by atoms with Crippen molar-refractivity contribution in [3.05, 3.63) is 35.9 Å². The molecule has 49 heavy (non-hydrogen) atoms. The third kappa shape index (κ3) is 15.0. The van der Waals surface area contributed by atoms with Gasteiger partial charge in [-0.1, -0.05) is 51.1 Å². The van der Waals surface area contributed by atoms with E-state index >= 15 is 0 Å². The molecule has 10 N–H and O–H groups in total. The first-order valence-electron chi connectivity index (χ1n) is 15.8. The van der Waals surface area contributed by atoms with Crippen molar-refractivity contribution in [1.82, 2.24) is 26.6 Å². The zero-order valence-electron chi connectivity index (χ0n) is 28.2. The van der Waals surface area contributed by atoms with Crippen molar-refractivity contribution in [2.45, 2.75) is 103 Å². The van der Waals surface area contributed by atoms with Crippen molar-refractivity contribution in [3.63, 3.8) is 0 Å². The Hall–Kier alpha value is -4.61. The largest absolute Gasteiger partial charge is 0.481 e. The number of aliphatic hydroxyl groups excluding tert-OH is 3. The Morgan fingerprint density at radius 1 is 0.633 bits per heavy atom. The van der Waals surface area contributed by atoms with E-state index in [2.05, 4.69) is 26.6 Å². The van der Waals surface area contributed by atoms with E-state index in [1.54, 1.807) is 44.2 Å². The summed E-state index contributed by atoms with van der Waals surface area (Å²) in [6, 6.07) is 0.835. The molecule has 0 aromatic heterocycles. The summed E-state index contributed by atoms with van der Waals surface area (Å²) in [6.07, 6.45) is -4.19. The molecule has 17 nitrogen and oxygen atoms in total. The van der Waals surface area contributed by atoms with Gasteiger partial charge in [0, 0.05) is 12.8 Å². The molecule has 0 aliphatic rings. The average Bonchev–Trinajstić information content (AvgIpc) is 3.02. The van der Waals surface area contributed by atoms with Gasteiger partial charge in [-0.25, -0.2) is 4.79 Å². The number of rotatable bonds is 21. The van der Waals surface area contributed by atoms with Gasteiger partial charge in [0.25, 0.3) is 0 Å². The van der Waals surface area contributed by atoms with Crippen molar-refractivity contribution < 1.29 is 59.1 Å². The van der Waals surface area contributed by atoms with Crippen LogP contribution in [-0.2, 0) is 40.0 Å². The quantitative estimate of drug-likeness (QED) is 0.0671. The second kappa shape index (κ2) is 20.7. The summed E-state index contributed by atoms with van der Waals surface area (Å²) in [5.74, 6) is -8.51. The molecule has 0 saturated carbocycles. The Morgan fingerprint density at radius 2 is 1.10 bits per heavy atom. The number of carbonyl (C=O) groups excluding carboxylic acids is 5. The minimum atomic E-state index is -1.74. The number of aliphatic hydroxyl groups is 3. The molecule has 274 valence electrons. The van der Waals surface area contributed by atoms with Gasteiger partial charge in [0.1, 0.15) is 30.2 Å². The van der Waals surface area contributed by atoms with Crippen LogP contribution >= 0.6 is 0 Å². The van der Waals surface area contributed by atoms with Gasteiger partial charge in [-0.3, -0.25) is 28.8 Å². The lowest BCUT2D eigenvalue weighted by molar-refractivity contribution is -0.143. The normalized spacial score (nSPS) is 16.0. The number of benzene rings is 1. The van der Waals surface area contributed by atoms with Gasteiger partial charge in [0.05, 0.1) is 24.7 Å². The Labute approximate surface area is 284 Å². The van der Waals surface area contributed by atoms with Crippen LogP contribution in [-0.4, -0.2) is 116 Å². The molecule has 0 spiro atoms. The number of amides is 5. The number of hydrogen-bond acceptors (Lipinski definition) is 10. The fourth-order valence-corrected chi connectivity index (χ4v) is 4.53. The Balaban J connectivity index is 3.29. The van der Waals surface area contributed by atoms with Crippen molar-refractivity contribution in [3.8, 4) is 0 Å². The molecule has 0 aliphatic carbocycles. The van der Waals surface area contributed by atoms with Crippen molar-refractivity contribution in [2.24, 2.45) is 11.8 Å². The molecule has 0 fully saturated rings. The third-order valence-corrected chi connectivity index (χ3v) is 7.36. The molecule has 1 rings (SSSR count). The molecule has 5 amide bonds. The first-order valence-corrected chi connectivity index (χ1v) is 15.8. The fourth-order valence-electron chi connectivity index (χ4n) is 4.53. The molecule has 8 atom stereocenters. The topological polar surface area (TPSA) is 281 Å². The second-order valence-electron chi connectivity index (χ2n) is 12.3. The number of hydrogen-bond donors (Lipinski definition) is 10. The van der Waals surface area contributed by atoms with Crippen LogP contribution in [0.5, 0.6) is 0 Å². The van der Waals surface area contributed by atoms with Gasteiger partial charge in [-0.2, -0.15) is 0 Å². The molecular formula is C32H49N5O12. The SMILES string of the molecule is CC(C)C[C@H](NC(=O)[C@H](Cc1ccccc1)NC(=O)[C@@H](NC(=O)[C@H](CCC(=O)O)NC(=O)[C@@H](NC(=O)[C@@H](C)CO)[C@@H](C)O)[C@@H](C)O)C(=O)O. The van der Waals surface area contributed by atoms with Gasteiger partial charge in [0.15, 0.2) is 0 Å². The van der Waals surface area contributed by atoms with Gasteiger partial charge in [-0.05, 0) is 38.2 Å². The summed E-state index contributed by atoms with van der Waals surface area (Å²) in [5, 5.41) is 60.3. The van der Waals surface area contributed by atoms with Crippen LogP contribution < -0.4 is 26.6 Å². The molecule has 0 heterocycles. The highest BCUT2D eigenvalue weighted by atomic mass is 16.4. The number of aliphatic carboxylic acids is 2. The summed E-state index contributed by atoms with van der Waals surface area (Å²) in [6.45, 7) is 6.68. The smallest absolute Gasteiger partial charge is 0.326 e. The zero-order chi connectivity index (χ0) is 37.4. The van der Waals surface area contributed by atoms with Crippen molar-refractivity contribution >= 4 is 41.5 Å². The molecule has 0 aliphatic heterocycles. The lowest BCUT2D eigenvalue weighted by Gasteiger charge is -2.28.